The highest BCUT2D eigenvalue weighted by Crippen LogP contribution is 2.17. The van der Waals surface area contributed by atoms with Crippen molar-refractivity contribution >= 4 is 23.2 Å². The maximum absolute atomic E-state index is 13.1. The number of nitrogens with one attached hydrogen (secondary N) is 2. The Morgan fingerprint density at radius 3 is 2.50 bits per heavy atom. The highest BCUT2D eigenvalue weighted by atomic mass is 19.1. The van der Waals surface area contributed by atoms with Crippen molar-refractivity contribution in [3.63, 3.8) is 0 Å². The summed E-state index contributed by atoms with van der Waals surface area (Å²) in [6.07, 6.45) is 0. The molecule has 28 heavy (non-hydrogen) atoms. The first-order valence-corrected chi connectivity index (χ1v) is 8.80. The topological polar surface area (TPSA) is 76.0 Å². The SMILES string of the molecule is Cc1ccc(C)c(NC(=O)Cn2c(Nc3ccc(F)cc3)nc(C)cc2=O)c1. The Bertz CT molecular complexity index is 1070. The van der Waals surface area contributed by atoms with E-state index in [0.717, 1.165) is 11.1 Å². The first-order valence-electron chi connectivity index (χ1n) is 8.80. The standard InChI is InChI=1S/C21H21FN4O2/c1-13-4-5-14(2)18(10-13)25-19(27)12-26-20(28)11-15(3)23-21(26)24-17-8-6-16(22)7-9-17/h4-11H,12H2,1-3H3,(H,23,24)(H,25,27). The molecule has 0 aliphatic carbocycles. The number of aryl methyl sites for hydroxylation is 3. The zero-order chi connectivity index (χ0) is 20.3. The van der Waals surface area contributed by atoms with Crippen LogP contribution in [0.2, 0.25) is 0 Å². The van der Waals surface area contributed by atoms with Gasteiger partial charge < -0.3 is 10.6 Å². The molecule has 0 radical (unpaired) electrons. The second-order valence-electron chi connectivity index (χ2n) is 6.64. The lowest BCUT2D eigenvalue weighted by Gasteiger charge is -2.15. The van der Waals surface area contributed by atoms with Gasteiger partial charge in [-0.3, -0.25) is 14.2 Å². The van der Waals surface area contributed by atoms with Crippen LogP contribution in [0.3, 0.4) is 0 Å². The third-order valence-corrected chi connectivity index (χ3v) is 4.21. The van der Waals surface area contributed by atoms with Gasteiger partial charge in [-0.05, 0) is 62.2 Å². The molecule has 1 amide bonds. The molecule has 0 saturated heterocycles. The van der Waals surface area contributed by atoms with E-state index >= 15 is 0 Å². The molecule has 0 fully saturated rings. The maximum atomic E-state index is 13.1. The van der Waals surface area contributed by atoms with Gasteiger partial charge in [0.25, 0.3) is 5.56 Å². The summed E-state index contributed by atoms with van der Waals surface area (Å²) in [5.74, 6) is -0.496. The molecule has 0 unspecified atom stereocenters. The van der Waals surface area contributed by atoms with E-state index in [4.69, 9.17) is 0 Å². The van der Waals surface area contributed by atoms with Crippen LogP contribution >= 0.6 is 0 Å². The molecular weight excluding hydrogens is 359 g/mol. The maximum Gasteiger partial charge on any atom is 0.255 e. The molecule has 144 valence electrons. The second-order valence-corrected chi connectivity index (χ2v) is 6.64. The van der Waals surface area contributed by atoms with Gasteiger partial charge in [0.05, 0.1) is 0 Å². The number of hydrogen-bond acceptors (Lipinski definition) is 4. The van der Waals surface area contributed by atoms with Gasteiger partial charge in [-0.25, -0.2) is 9.37 Å². The van der Waals surface area contributed by atoms with Crippen LogP contribution in [-0.2, 0) is 11.3 Å². The fourth-order valence-electron chi connectivity index (χ4n) is 2.74. The summed E-state index contributed by atoms with van der Waals surface area (Å²) >= 11 is 0. The summed E-state index contributed by atoms with van der Waals surface area (Å²) in [7, 11) is 0. The lowest BCUT2D eigenvalue weighted by molar-refractivity contribution is -0.116. The number of amides is 1. The minimum atomic E-state index is -0.368. The minimum Gasteiger partial charge on any atom is -0.326 e. The molecule has 2 N–H and O–H groups in total. The molecule has 0 spiro atoms. The first-order chi connectivity index (χ1) is 13.3. The van der Waals surface area contributed by atoms with Crippen LogP contribution in [0.15, 0.2) is 53.3 Å². The van der Waals surface area contributed by atoms with E-state index in [0.29, 0.717) is 17.1 Å². The molecule has 3 rings (SSSR count). The number of carbonyl (C=O) groups is 1. The third kappa shape index (κ3) is 4.62. The van der Waals surface area contributed by atoms with E-state index < -0.39 is 0 Å². The van der Waals surface area contributed by atoms with Crippen LogP contribution < -0.4 is 16.2 Å². The summed E-state index contributed by atoms with van der Waals surface area (Å²) < 4.78 is 14.4. The van der Waals surface area contributed by atoms with Crippen LogP contribution in [0.4, 0.5) is 21.7 Å². The van der Waals surface area contributed by atoms with Crippen molar-refractivity contribution in [2.45, 2.75) is 27.3 Å². The number of nitrogens with zero attached hydrogens (tertiary/aromatic N) is 2. The quantitative estimate of drug-likeness (QED) is 0.708. The molecule has 0 saturated carbocycles. The van der Waals surface area contributed by atoms with E-state index in [2.05, 4.69) is 15.6 Å². The summed E-state index contributed by atoms with van der Waals surface area (Å²) in [4.78, 5) is 29.3. The van der Waals surface area contributed by atoms with Crippen molar-refractivity contribution < 1.29 is 9.18 Å². The fourth-order valence-corrected chi connectivity index (χ4v) is 2.74. The molecule has 0 aliphatic heterocycles. The zero-order valence-electron chi connectivity index (χ0n) is 15.9. The number of aromatic nitrogens is 2. The molecule has 1 heterocycles. The van der Waals surface area contributed by atoms with Crippen molar-refractivity contribution in [3.05, 3.63) is 81.5 Å². The Balaban J connectivity index is 1.86. The molecule has 2 aromatic carbocycles. The highest BCUT2D eigenvalue weighted by Gasteiger charge is 2.13. The zero-order valence-corrected chi connectivity index (χ0v) is 15.9. The van der Waals surface area contributed by atoms with Crippen LogP contribution in [0.1, 0.15) is 16.8 Å². The predicted molar refractivity (Wildman–Crippen MR) is 107 cm³/mol. The molecule has 6 nitrogen and oxygen atoms in total. The molecule has 3 aromatic rings. The number of anilines is 3. The fraction of sp³-hybridized carbons (Fsp3) is 0.190. The number of hydrogen-bond donors (Lipinski definition) is 2. The molecule has 1 aromatic heterocycles. The highest BCUT2D eigenvalue weighted by molar-refractivity contribution is 5.91. The Labute approximate surface area is 162 Å². The van der Waals surface area contributed by atoms with E-state index in [9.17, 15) is 14.0 Å². The molecule has 0 atom stereocenters. The minimum absolute atomic E-state index is 0.205. The monoisotopic (exact) mass is 380 g/mol. The van der Waals surface area contributed by atoms with Crippen LogP contribution in [-0.4, -0.2) is 15.5 Å². The van der Waals surface area contributed by atoms with E-state index in [-0.39, 0.29) is 29.8 Å². The smallest absolute Gasteiger partial charge is 0.255 e. The van der Waals surface area contributed by atoms with Crippen LogP contribution in [0, 0.1) is 26.6 Å². The molecule has 7 heteroatoms. The lowest BCUT2D eigenvalue weighted by Crippen LogP contribution is -2.30. The average Bonchev–Trinajstić information content (AvgIpc) is 2.63. The number of benzene rings is 2. The number of rotatable bonds is 5. The normalized spacial score (nSPS) is 10.6. The molecule has 0 aliphatic rings. The van der Waals surface area contributed by atoms with Gasteiger partial charge in [0.15, 0.2) is 0 Å². The summed E-state index contributed by atoms with van der Waals surface area (Å²) in [6.45, 7) is 5.32. The van der Waals surface area contributed by atoms with Crippen molar-refractivity contribution in [1.29, 1.82) is 0 Å². The van der Waals surface area contributed by atoms with E-state index in [1.165, 1.54) is 34.9 Å². The van der Waals surface area contributed by atoms with Gasteiger partial charge in [0.1, 0.15) is 12.4 Å². The average molecular weight is 380 g/mol. The van der Waals surface area contributed by atoms with Gasteiger partial charge in [-0.15, -0.1) is 0 Å². The van der Waals surface area contributed by atoms with Gasteiger partial charge in [0.2, 0.25) is 11.9 Å². The predicted octanol–water partition coefficient (Wildman–Crippen LogP) is 3.69. The third-order valence-electron chi connectivity index (χ3n) is 4.21. The Hall–Kier alpha value is -3.48. The van der Waals surface area contributed by atoms with Crippen molar-refractivity contribution in [2.75, 3.05) is 10.6 Å². The Morgan fingerprint density at radius 2 is 1.79 bits per heavy atom. The lowest BCUT2D eigenvalue weighted by atomic mass is 10.1. The Morgan fingerprint density at radius 1 is 1.07 bits per heavy atom. The largest absolute Gasteiger partial charge is 0.326 e. The van der Waals surface area contributed by atoms with E-state index in [1.807, 2.05) is 32.0 Å². The van der Waals surface area contributed by atoms with Gasteiger partial charge in [-0.2, -0.15) is 0 Å². The van der Waals surface area contributed by atoms with Gasteiger partial charge in [0, 0.05) is 23.1 Å². The van der Waals surface area contributed by atoms with Crippen LogP contribution in [0.5, 0.6) is 0 Å². The van der Waals surface area contributed by atoms with Crippen molar-refractivity contribution in [3.8, 4) is 0 Å². The van der Waals surface area contributed by atoms with Crippen LogP contribution in [0.25, 0.3) is 0 Å². The van der Waals surface area contributed by atoms with Gasteiger partial charge in [-0.1, -0.05) is 12.1 Å². The Kier molecular flexibility index (Phi) is 5.54. The summed E-state index contributed by atoms with van der Waals surface area (Å²) in [6, 6.07) is 12.8. The summed E-state index contributed by atoms with van der Waals surface area (Å²) in [5.41, 5.74) is 3.37. The van der Waals surface area contributed by atoms with Crippen molar-refractivity contribution in [1.82, 2.24) is 9.55 Å². The molecule has 0 bridgehead atoms. The molecular formula is C21H21FN4O2. The second kappa shape index (κ2) is 8.04. The van der Waals surface area contributed by atoms with E-state index in [1.54, 1.807) is 6.92 Å². The number of carbonyl (C=O) groups excluding carboxylic acids is 1. The number of halogens is 1. The first kappa shape index (κ1) is 19.3. The van der Waals surface area contributed by atoms with Gasteiger partial charge >= 0.3 is 0 Å². The van der Waals surface area contributed by atoms with Crippen molar-refractivity contribution in [2.24, 2.45) is 0 Å². The summed E-state index contributed by atoms with van der Waals surface area (Å²) in [5, 5.41) is 5.81.